The highest BCUT2D eigenvalue weighted by molar-refractivity contribution is 6.31. The minimum absolute atomic E-state index is 0.138. The number of nitrogens with zero attached hydrogens (tertiary/aromatic N) is 3. The number of anilines is 1. The molecule has 1 aromatic heterocycles. The van der Waals surface area contributed by atoms with Crippen molar-refractivity contribution in [2.75, 3.05) is 5.32 Å². The number of aryl methyl sites for hydroxylation is 1. The first kappa shape index (κ1) is 26.9. The molecule has 2 atom stereocenters. The lowest BCUT2D eigenvalue weighted by Gasteiger charge is -2.34. The van der Waals surface area contributed by atoms with Gasteiger partial charge in [0.2, 0.25) is 0 Å². The van der Waals surface area contributed by atoms with E-state index in [2.05, 4.69) is 10.3 Å². The highest BCUT2D eigenvalue weighted by Crippen LogP contribution is 2.57. The lowest BCUT2D eigenvalue weighted by molar-refractivity contribution is -0.193. The number of hydrogen-bond donors (Lipinski definition) is 3. The predicted molar refractivity (Wildman–Crippen MR) is 128 cm³/mol. The largest absolute Gasteiger partial charge is 0.383 e. The van der Waals surface area contributed by atoms with Gasteiger partial charge >= 0.3 is 5.92 Å². The van der Waals surface area contributed by atoms with Crippen LogP contribution < -0.4 is 10.6 Å². The maximum atomic E-state index is 15.1. The number of amides is 2. The van der Waals surface area contributed by atoms with Crippen LogP contribution in [0.25, 0.3) is 0 Å². The zero-order valence-corrected chi connectivity index (χ0v) is 21.2. The lowest BCUT2D eigenvalue weighted by Crippen LogP contribution is -2.59. The molecule has 0 spiro atoms. The fourth-order valence-corrected chi connectivity index (χ4v) is 5.71. The fraction of sp³-hybridized carbons (Fsp3) is 0.520. The number of alkyl halides is 2. The maximum Gasteiger partial charge on any atom is 0.352 e. The number of nitrogens with one attached hydrogen (secondary N) is 2. The van der Waals surface area contributed by atoms with Crippen LogP contribution >= 0.6 is 11.6 Å². The van der Waals surface area contributed by atoms with Crippen LogP contribution in [0.2, 0.25) is 5.02 Å². The van der Waals surface area contributed by atoms with E-state index < -0.39 is 34.7 Å². The molecule has 2 aromatic rings. The van der Waals surface area contributed by atoms with Crippen molar-refractivity contribution in [2.45, 2.75) is 62.5 Å². The number of halogens is 4. The summed E-state index contributed by atoms with van der Waals surface area (Å²) in [7, 11) is 1.65. The molecule has 2 fully saturated rings. The van der Waals surface area contributed by atoms with Gasteiger partial charge in [0.1, 0.15) is 22.7 Å². The van der Waals surface area contributed by atoms with Crippen molar-refractivity contribution in [3.63, 3.8) is 0 Å². The van der Waals surface area contributed by atoms with Gasteiger partial charge in [-0.3, -0.25) is 9.59 Å². The maximum absolute atomic E-state index is 15.1. The Morgan fingerprint density at radius 2 is 1.89 bits per heavy atom. The van der Waals surface area contributed by atoms with Crippen molar-refractivity contribution >= 4 is 29.1 Å². The SMILES string of the molecule is Cn1cnc(C2CC3CC(O)(C(F)(F)C(=O)NC(C)(C)C#N)CC3C2)c1C(=O)Nc1ccc(F)c(Cl)c1. The molecular formula is C25H27ClF3N5O3. The van der Waals surface area contributed by atoms with E-state index in [0.717, 1.165) is 6.07 Å². The van der Waals surface area contributed by atoms with Gasteiger partial charge in [-0.1, -0.05) is 11.6 Å². The Bertz CT molecular complexity index is 1270. The molecule has 8 nitrogen and oxygen atoms in total. The van der Waals surface area contributed by atoms with Crippen molar-refractivity contribution in [1.29, 1.82) is 5.26 Å². The monoisotopic (exact) mass is 537 g/mol. The van der Waals surface area contributed by atoms with Gasteiger partial charge in [-0.05, 0) is 69.6 Å². The van der Waals surface area contributed by atoms with Gasteiger partial charge < -0.3 is 20.3 Å². The number of hydrogen-bond acceptors (Lipinski definition) is 5. The summed E-state index contributed by atoms with van der Waals surface area (Å²) in [6.45, 7) is 2.59. The van der Waals surface area contributed by atoms with E-state index in [9.17, 15) is 19.1 Å². The predicted octanol–water partition coefficient (Wildman–Crippen LogP) is 4.15. The minimum Gasteiger partial charge on any atom is -0.383 e. The Labute approximate surface area is 216 Å². The number of carbonyl (C=O) groups excluding carboxylic acids is 2. The van der Waals surface area contributed by atoms with E-state index >= 15 is 8.78 Å². The molecule has 2 unspecified atom stereocenters. The summed E-state index contributed by atoms with van der Waals surface area (Å²) in [5.74, 6) is -7.66. The van der Waals surface area contributed by atoms with Crippen LogP contribution in [-0.4, -0.2) is 43.5 Å². The van der Waals surface area contributed by atoms with Gasteiger partial charge in [-0.25, -0.2) is 9.37 Å². The number of aliphatic hydroxyl groups is 1. The number of nitriles is 1. The zero-order valence-electron chi connectivity index (χ0n) is 20.5. The molecular weight excluding hydrogens is 511 g/mol. The van der Waals surface area contributed by atoms with E-state index in [-0.39, 0.29) is 41.3 Å². The quantitative estimate of drug-likeness (QED) is 0.511. The second kappa shape index (κ2) is 9.33. The van der Waals surface area contributed by atoms with Gasteiger partial charge in [0.15, 0.2) is 0 Å². The average Bonchev–Trinajstić information content (AvgIpc) is 3.47. The van der Waals surface area contributed by atoms with E-state index in [1.54, 1.807) is 17.7 Å². The fourth-order valence-electron chi connectivity index (χ4n) is 5.53. The van der Waals surface area contributed by atoms with Crippen molar-refractivity contribution < 1.29 is 27.9 Å². The van der Waals surface area contributed by atoms with E-state index in [1.165, 1.54) is 32.3 Å². The molecule has 2 amide bonds. The highest BCUT2D eigenvalue weighted by Gasteiger charge is 2.65. The second-order valence-corrected chi connectivity index (χ2v) is 11.0. The number of imidazole rings is 1. The summed E-state index contributed by atoms with van der Waals surface area (Å²) < 4.78 is 45.1. The minimum atomic E-state index is -4.08. The number of benzene rings is 1. The van der Waals surface area contributed by atoms with Gasteiger partial charge in [-0.15, -0.1) is 0 Å². The third kappa shape index (κ3) is 4.92. The van der Waals surface area contributed by atoms with Crippen LogP contribution in [0.4, 0.5) is 18.9 Å². The summed E-state index contributed by atoms with van der Waals surface area (Å²) in [5, 5.41) is 24.4. The molecule has 12 heteroatoms. The number of fused-ring (bicyclic) bond motifs is 1. The number of carbonyl (C=O) groups is 2. The Hall–Kier alpha value is -3.10. The molecule has 0 radical (unpaired) electrons. The van der Waals surface area contributed by atoms with Crippen LogP contribution in [0, 0.1) is 29.0 Å². The van der Waals surface area contributed by atoms with Crippen LogP contribution in [0.3, 0.4) is 0 Å². The first-order valence-corrected chi connectivity index (χ1v) is 12.2. The lowest BCUT2D eigenvalue weighted by atomic mass is 9.87. The van der Waals surface area contributed by atoms with Crippen LogP contribution in [-0.2, 0) is 11.8 Å². The first-order chi connectivity index (χ1) is 17.2. The summed E-state index contributed by atoms with van der Waals surface area (Å²) in [5.41, 5.74) is -2.95. The molecule has 3 N–H and O–H groups in total. The Balaban J connectivity index is 1.47. The summed E-state index contributed by atoms with van der Waals surface area (Å²) in [4.78, 5) is 29.7. The molecule has 37 heavy (non-hydrogen) atoms. The smallest absolute Gasteiger partial charge is 0.352 e. The standard InChI is InChI=1S/C25H27ClF3N5O3/c1-23(2,11-30)33-22(36)25(28,29)24(37)9-14-6-13(7-15(14)10-24)19-20(34(3)12-31-19)21(35)32-16-4-5-18(27)17(26)8-16/h4-5,8,12-15,37H,6-7,9-10H2,1-3H3,(H,32,35)(H,33,36). The van der Waals surface area contributed by atoms with Crippen molar-refractivity contribution in [3.05, 3.63) is 46.8 Å². The molecule has 1 heterocycles. The van der Waals surface area contributed by atoms with Crippen LogP contribution in [0.15, 0.2) is 24.5 Å². The normalized spacial score (nSPS) is 25.4. The van der Waals surface area contributed by atoms with Crippen molar-refractivity contribution in [3.8, 4) is 6.07 Å². The molecule has 2 aliphatic carbocycles. The van der Waals surface area contributed by atoms with Gasteiger partial charge in [-0.2, -0.15) is 14.0 Å². The molecule has 0 saturated heterocycles. The summed E-state index contributed by atoms with van der Waals surface area (Å²) in [6.07, 6.45) is 1.73. The Morgan fingerprint density at radius 3 is 2.46 bits per heavy atom. The topological polar surface area (TPSA) is 120 Å². The van der Waals surface area contributed by atoms with E-state index in [4.69, 9.17) is 16.9 Å². The van der Waals surface area contributed by atoms with Crippen molar-refractivity contribution in [1.82, 2.24) is 14.9 Å². The average molecular weight is 538 g/mol. The summed E-state index contributed by atoms with van der Waals surface area (Å²) in [6, 6.07) is 5.54. The van der Waals surface area contributed by atoms with Crippen molar-refractivity contribution in [2.24, 2.45) is 18.9 Å². The molecule has 0 aliphatic heterocycles. The molecule has 198 valence electrons. The molecule has 2 saturated carbocycles. The molecule has 2 aliphatic rings. The number of rotatable bonds is 6. The zero-order chi connectivity index (χ0) is 27.3. The van der Waals surface area contributed by atoms with Gasteiger partial charge in [0, 0.05) is 18.7 Å². The Kier molecular flexibility index (Phi) is 6.80. The highest BCUT2D eigenvalue weighted by atomic mass is 35.5. The van der Waals surface area contributed by atoms with E-state index in [1.807, 2.05) is 5.32 Å². The first-order valence-electron chi connectivity index (χ1n) is 11.8. The van der Waals surface area contributed by atoms with Crippen LogP contribution in [0.5, 0.6) is 0 Å². The Morgan fingerprint density at radius 1 is 1.27 bits per heavy atom. The van der Waals surface area contributed by atoms with Gasteiger partial charge in [0.05, 0.1) is 23.1 Å². The molecule has 1 aromatic carbocycles. The summed E-state index contributed by atoms with van der Waals surface area (Å²) >= 11 is 5.80. The third-order valence-electron chi connectivity index (χ3n) is 7.36. The third-order valence-corrected chi connectivity index (χ3v) is 7.65. The van der Waals surface area contributed by atoms with Crippen LogP contribution in [0.1, 0.15) is 61.6 Å². The molecule has 4 rings (SSSR count). The number of aromatic nitrogens is 2. The van der Waals surface area contributed by atoms with Gasteiger partial charge in [0.25, 0.3) is 11.8 Å². The second-order valence-electron chi connectivity index (χ2n) is 10.6. The van der Waals surface area contributed by atoms with E-state index in [0.29, 0.717) is 24.2 Å². The molecule has 0 bridgehead atoms.